The van der Waals surface area contributed by atoms with Crippen molar-refractivity contribution in [1.82, 2.24) is 0 Å². The zero-order valence-electron chi connectivity index (χ0n) is 17.9. The van der Waals surface area contributed by atoms with Gasteiger partial charge in [0.05, 0.1) is 36.9 Å². The summed E-state index contributed by atoms with van der Waals surface area (Å²) in [7, 11) is 1.58. The highest BCUT2D eigenvalue weighted by atomic mass is 32.2. The molecule has 0 aromatic heterocycles. The number of nitrogens with zero attached hydrogens (tertiary/aromatic N) is 1. The van der Waals surface area contributed by atoms with Crippen molar-refractivity contribution in [2.75, 3.05) is 40.3 Å². The van der Waals surface area contributed by atoms with Crippen LogP contribution in [-0.4, -0.2) is 103 Å². The summed E-state index contributed by atoms with van der Waals surface area (Å²) in [4.78, 5) is 36.7. The fourth-order valence-electron chi connectivity index (χ4n) is 3.99. The number of ether oxygens (including phenoxy) is 6. The first-order valence-electron chi connectivity index (χ1n) is 10.0. The summed E-state index contributed by atoms with van der Waals surface area (Å²) >= 11 is 2.43. The van der Waals surface area contributed by atoms with Crippen molar-refractivity contribution >= 4 is 33.8 Å². The minimum Gasteiger partial charge on any atom is -0.372 e. The fraction of sp³-hybridized carbons (Fsp3) is 0.889. The minimum absolute atomic E-state index is 0.0171. The molecule has 0 aromatic rings. The zero-order chi connectivity index (χ0) is 23.3. The van der Waals surface area contributed by atoms with E-state index < -0.39 is 17.3 Å². The lowest BCUT2D eigenvalue weighted by Crippen LogP contribution is -2.33. The molecule has 0 N–H and O–H groups in total. The molecule has 4 aliphatic heterocycles. The van der Waals surface area contributed by atoms with Crippen molar-refractivity contribution in [2.45, 2.75) is 61.0 Å². The van der Waals surface area contributed by atoms with E-state index in [0.717, 1.165) is 11.8 Å². The van der Waals surface area contributed by atoms with Gasteiger partial charge in [0.25, 0.3) is 5.09 Å². The van der Waals surface area contributed by atoms with Gasteiger partial charge in [0.2, 0.25) is 0 Å². The normalized spacial score (nSPS) is 37.3. The van der Waals surface area contributed by atoms with Crippen molar-refractivity contribution in [3.63, 3.8) is 0 Å². The smallest absolute Gasteiger partial charge is 0.294 e. The van der Waals surface area contributed by atoms with E-state index in [1.54, 1.807) is 14.0 Å². The van der Waals surface area contributed by atoms with Gasteiger partial charge < -0.3 is 33.3 Å². The van der Waals surface area contributed by atoms with Crippen molar-refractivity contribution in [3.05, 3.63) is 10.1 Å². The highest BCUT2D eigenvalue weighted by Gasteiger charge is 2.50. The fourth-order valence-corrected chi connectivity index (χ4v) is 5.87. The van der Waals surface area contributed by atoms with Crippen LogP contribution in [0.1, 0.15) is 13.8 Å². The maximum absolute atomic E-state index is 11.0. The second kappa shape index (κ2) is 11.9. The van der Waals surface area contributed by atoms with Gasteiger partial charge in [-0.2, -0.15) is 0 Å². The van der Waals surface area contributed by atoms with Crippen LogP contribution in [0.2, 0.25) is 0 Å². The van der Waals surface area contributed by atoms with Crippen molar-refractivity contribution < 1.29 is 47.9 Å². The molecule has 14 heteroatoms. The number of fused-ring (bicyclic) bond motifs is 2. The Kier molecular flexibility index (Phi) is 9.55. The van der Waals surface area contributed by atoms with Crippen LogP contribution in [0.4, 0.5) is 0 Å². The molecule has 4 aliphatic rings. The summed E-state index contributed by atoms with van der Waals surface area (Å²) in [6, 6.07) is 0. The van der Waals surface area contributed by atoms with Gasteiger partial charge in [-0.25, -0.2) is 0 Å². The zero-order valence-corrected chi connectivity index (χ0v) is 19.5. The number of methoxy groups -OCH3 is 1. The van der Waals surface area contributed by atoms with Gasteiger partial charge in [-0.3, -0.25) is 9.59 Å². The van der Waals surface area contributed by atoms with E-state index in [0.29, 0.717) is 19.8 Å². The number of thioether (sulfide) groups is 2. The molecule has 0 spiro atoms. The highest BCUT2D eigenvalue weighted by Crippen LogP contribution is 2.36. The Morgan fingerprint density at radius 3 is 1.81 bits per heavy atom. The summed E-state index contributed by atoms with van der Waals surface area (Å²) < 4.78 is 32.3. The Labute approximate surface area is 193 Å². The summed E-state index contributed by atoms with van der Waals surface area (Å²) in [5.41, 5.74) is 0. The van der Waals surface area contributed by atoms with Gasteiger partial charge in [0.15, 0.2) is 16.3 Å². The van der Waals surface area contributed by atoms with Crippen LogP contribution >= 0.6 is 23.5 Å². The van der Waals surface area contributed by atoms with E-state index in [1.165, 1.54) is 18.7 Å². The van der Waals surface area contributed by atoms with Gasteiger partial charge in [0, 0.05) is 21.0 Å². The Morgan fingerprint density at radius 1 is 0.875 bits per heavy atom. The Hall–Kier alpha value is -1.00. The third-order valence-corrected chi connectivity index (χ3v) is 7.26. The van der Waals surface area contributed by atoms with Crippen LogP contribution in [0.5, 0.6) is 0 Å². The van der Waals surface area contributed by atoms with E-state index in [1.807, 2.05) is 0 Å². The van der Waals surface area contributed by atoms with E-state index in [9.17, 15) is 19.7 Å². The second-order valence-electron chi connectivity index (χ2n) is 7.47. The van der Waals surface area contributed by atoms with Crippen LogP contribution < -0.4 is 0 Å². The van der Waals surface area contributed by atoms with E-state index in [2.05, 4.69) is 4.84 Å². The molecule has 8 atom stereocenters. The Balaban J connectivity index is 0.000000181. The molecule has 4 saturated heterocycles. The van der Waals surface area contributed by atoms with Gasteiger partial charge in [-0.1, -0.05) is 23.5 Å². The summed E-state index contributed by atoms with van der Waals surface area (Å²) in [6.45, 7) is 4.82. The molecule has 0 bridgehead atoms. The topological polar surface area (TPSA) is 142 Å². The number of carbonyl (C=O) groups excluding carboxylic acids is 2. The number of hydrogen-bond donors (Lipinski definition) is 0. The molecule has 0 amide bonds. The molecular formula is C18H27NO11S2. The van der Waals surface area contributed by atoms with Crippen LogP contribution in [0, 0.1) is 10.1 Å². The highest BCUT2D eigenvalue weighted by molar-refractivity contribution is 8.14. The Morgan fingerprint density at radius 2 is 1.34 bits per heavy atom. The molecule has 0 radical (unpaired) electrons. The SMILES string of the molecule is CC(=O)S[C@H]1CO[C@H]2[C@@H]1OC[C@H]2O[N+](=O)[O-].COCO[C@@H]1CO[C@H]2[C@@H]1OC[C@@H]2SC(C)=O. The monoisotopic (exact) mass is 497 g/mol. The maximum atomic E-state index is 11.0. The first kappa shape index (κ1) is 25.6. The lowest BCUT2D eigenvalue weighted by Gasteiger charge is -2.16. The van der Waals surface area contributed by atoms with E-state index >= 15 is 0 Å². The van der Waals surface area contributed by atoms with Crippen molar-refractivity contribution in [2.24, 2.45) is 0 Å². The van der Waals surface area contributed by atoms with Gasteiger partial charge in [-0.05, 0) is 0 Å². The minimum atomic E-state index is -0.842. The number of hydrogen-bond acceptors (Lipinski definition) is 13. The Bertz CT molecular complexity index is 653. The number of rotatable bonds is 7. The predicted molar refractivity (Wildman–Crippen MR) is 112 cm³/mol. The maximum Gasteiger partial charge on any atom is 0.294 e. The van der Waals surface area contributed by atoms with Crippen LogP contribution in [0.25, 0.3) is 0 Å². The van der Waals surface area contributed by atoms with Gasteiger partial charge in [-0.15, -0.1) is 10.1 Å². The lowest BCUT2D eigenvalue weighted by molar-refractivity contribution is -0.769. The van der Waals surface area contributed by atoms with Crippen molar-refractivity contribution in [3.8, 4) is 0 Å². The molecule has 182 valence electrons. The standard InChI is InChI=1S/C10H16O5S.C8H11NO6S/c1-6(11)16-8-4-14-9-7(15-5-12-2)3-13-10(8)9;1-4(10)16-6-3-14-7-5(15-9(11)12)2-13-8(6)7/h7-10H,3-5H2,1-2H3;5-8H,2-3H2,1H3/t7-,8+,9-,10-;5-,6+,7-,8-/m11/s1. The molecular weight excluding hydrogens is 470 g/mol. The third-order valence-electron chi connectivity index (χ3n) is 5.18. The van der Waals surface area contributed by atoms with Crippen molar-refractivity contribution in [1.29, 1.82) is 0 Å². The number of carbonyl (C=O) groups is 2. The largest absolute Gasteiger partial charge is 0.372 e. The summed E-state index contributed by atoms with van der Waals surface area (Å²) in [5.74, 6) is 0. The molecule has 0 aromatic carbocycles. The average molecular weight is 498 g/mol. The lowest BCUT2D eigenvalue weighted by atomic mass is 10.1. The first-order chi connectivity index (χ1) is 15.3. The quantitative estimate of drug-likeness (QED) is 0.273. The molecule has 0 unspecified atom stereocenters. The molecule has 4 fully saturated rings. The summed E-state index contributed by atoms with van der Waals surface area (Å²) in [5, 5.41) is 9.45. The molecule has 0 saturated carbocycles. The molecule has 12 nitrogen and oxygen atoms in total. The van der Waals surface area contributed by atoms with Crippen LogP contribution in [0.3, 0.4) is 0 Å². The van der Waals surface area contributed by atoms with E-state index in [-0.39, 0.29) is 58.5 Å². The predicted octanol–water partition coefficient (Wildman–Crippen LogP) is 0.431. The van der Waals surface area contributed by atoms with Crippen LogP contribution in [-0.2, 0) is 42.8 Å². The first-order valence-corrected chi connectivity index (χ1v) is 11.8. The molecule has 0 aliphatic carbocycles. The van der Waals surface area contributed by atoms with Gasteiger partial charge in [0.1, 0.15) is 37.3 Å². The summed E-state index contributed by atoms with van der Waals surface area (Å²) in [6.07, 6.45) is -1.59. The molecule has 32 heavy (non-hydrogen) atoms. The average Bonchev–Trinajstić information content (AvgIpc) is 3.46. The molecule has 4 heterocycles. The van der Waals surface area contributed by atoms with Crippen LogP contribution in [0.15, 0.2) is 0 Å². The van der Waals surface area contributed by atoms with Gasteiger partial charge >= 0.3 is 0 Å². The second-order valence-corrected chi connectivity index (χ2v) is 10.3. The third kappa shape index (κ3) is 6.53. The molecule has 4 rings (SSSR count). The van der Waals surface area contributed by atoms with E-state index in [4.69, 9.17) is 28.4 Å².